The average molecular weight is 198 g/mol. The molecule has 0 spiro atoms. The molecule has 1 saturated heterocycles. The Balaban J connectivity index is 2.16. The fourth-order valence-electron chi connectivity index (χ4n) is 1.79. The fraction of sp³-hybridized carbons (Fsp3) is 0.818. The molecule has 0 bridgehead atoms. The van der Waals surface area contributed by atoms with E-state index in [-0.39, 0.29) is 0 Å². The molecule has 1 aliphatic heterocycles. The topological polar surface area (TPSA) is 24.5 Å². The smallest absolute Gasteiger partial charge is 0.0622 e. The van der Waals surface area contributed by atoms with Crippen molar-refractivity contribution in [2.75, 3.05) is 39.4 Å². The van der Waals surface area contributed by atoms with E-state index >= 15 is 0 Å². The summed E-state index contributed by atoms with van der Waals surface area (Å²) in [6.07, 6.45) is 3.08. The maximum atomic E-state index is 5.45. The molecule has 1 rings (SSSR count). The van der Waals surface area contributed by atoms with Crippen molar-refractivity contribution in [1.82, 2.24) is 10.2 Å². The molecule has 0 radical (unpaired) electrons. The van der Waals surface area contributed by atoms with Crippen molar-refractivity contribution < 1.29 is 4.74 Å². The lowest BCUT2D eigenvalue weighted by Crippen LogP contribution is -2.47. The van der Waals surface area contributed by atoms with Gasteiger partial charge >= 0.3 is 0 Å². The highest BCUT2D eigenvalue weighted by Gasteiger charge is 2.20. The molecule has 1 fully saturated rings. The van der Waals surface area contributed by atoms with Crippen LogP contribution in [0.15, 0.2) is 12.7 Å². The van der Waals surface area contributed by atoms with Gasteiger partial charge in [0.2, 0.25) is 0 Å². The van der Waals surface area contributed by atoms with Gasteiger partial charge in [0, 0.05) is 32.2 Å². The summed E-state index contributed by atoms with van der Waals surface area (Å²) < 4.78 is 5.45. The summed E-state index contributed by atoms with van der Waals surface area (Å²) in [5.41, 5.74) is 0. The number of morpholine rings is 1. The SMILES string of the molecule is C=CCNCCN1CCOCC1CC. The van der Waals surface area contributed by atoms with Crippen molar-refractivity contribution in [1.29, 1.82) is 0 Å². The Kier molecular flexibility index (Phi) is 5.83. The number of nitrogens with one attached hydrogen (secondary N) is 1. The zero-order valence-corrected chi connectivity index (χ0v) is 9.17. The molecule has 0 amide bonds. The third-order valence-electron chi connectivity index (χ3n) is 2.69. The van der Waals surface area contributed by atoms with Gasteiger partial charge in [0.25, 0.3) is 0 Å². The Labute approximate surface area is 87.1 Å². The molecule has 3 heteroatoms. The summed E-state index contributed by atoms with van der Waals surface area (Å²) in [6, 6.07) is 0.620. The predicted molar refractivity (Wildman–Crippen MR) is 59.5 cm³/mol. The third-order valence-corrected chi connectivity index (χ3v) is 2.69. The first-order valence-corrected chi connectivity index (χ1v) is 5.52. The second-order valence-electron chi connectivity index (χ2n) is 3.67. The van der Waals surface area contributed by atoms with Crippen molar-refractivity contribution in [3.05, 3.63) is 12.7 Å². The number of nitrogens with zero attached hydrogens (tertiary/aromatic N) is 1. The van der Waals surface area contributed by atoms with Crippen LogP contribution >= 0.6 is 0 Å². The van der Waals surface area contributed by atoms with Crippen LogP contribution in [-0.4, -0.2) is 50.3 Å². The third kappa shape index (κ3) is 3.78. The van der Waals surface area contributed by atoms with Crippen LogP contribution in [0.25, 0.3) is 0 Å². The van der Waals surface area contributed by atoms with Crippen LogP contribution in [-0.2, 0) is 4.74 Å². The first-order valence-electron chi connectivity index (χ1n) is 5.52. The number of rotatable bonds is 6. The van der Waals surface area contributed by atoms with E-state index in [2.05, 4.69) is 23.7 Å². The van der Waals surface area contributed by atoms with Crippen molar-refractivity contribution >= 4 is 0 Å². The summed E-state index contributed by atoms with van der Waals surface area (Å²) >= 11 is 0. The maximum Gasteiger partial charge on any atom is 0.0622 e. The van der Waals surface area contributed by atoms with Gasteiger partial charge in [-0.15, -0.1) is 6.58 Å². The van der Waals surface area contributed by atoms with Crippen LogP contribution in [0.5, 0.6) is 0 Å². The van der Waals surface area contributed by atoms with Crippen LogP contribution in [0, 0.1) is 0 Å². The van der Waals surface area contributed by atoms with Gasteiger partial charge in [-0.3, -0.25) is 4.90 Å². The highest BCUT2D eigenvalue weighted by atomic mass is 16.5. The lowest BCUT2D eigenvalue weighted by molar-refractivity contribution is -0.00773. The van der Waals surface area contributed by atoms with E-state index in [0.29, 0.717) is 6.04 Å². The summed E-state index contributed by atoms with van der Waals surface area (Å²) in [4.78, 5) is 2.51. The van der Waals surface area contributed by atoms with E-state index in [4.69, 9.17) is 4.74 Å². The number of hydrogen-bond donors (Lipinski definition) is 1. The first kappa shape index (κ1) is 11.7. The van der Waals surface area contributed by atoms with Crippen LogP contribution in [0.2, 0.25) is 0 Å². The van der Waals surface area contributed by atoms with Crippen LogP contribution in [0.4, 0.5) is 0 Å². The maximum absolute atomic E-state index is 5.45. The molecule has 1 atom stereocenters. The van der Waals surface area contributed by atoms with Gasteiger partial charge in [-0.25, -0.2) is 0 Å². The van der Waals surface area contributed by atoms with E-state index in [1.165, 1.54) is 6.42 Å². The second-order valence-corrected chi connectivity index (χ2v) is 3.67. The van der Waals surface area contributed by atoms with E-state index in [0.717, 1.165) is 39.4 Å². The molecule has 1 aliphatic rings. The second kappa shape index (κ2) is 6.98. The van der Waals surface area contributed by atoms with Gasteiger partial charge in [0.1, 0.15) is 0 Å². The normalized spacial score (nSPS) is 23.6. The molecule has 14 heavy (non-hydrogen) atoms. The lowest BCUT2D eigenvalue weighted by Gasteiger charge is -2.34. The van der Waals surface area contributed by atoms with E-state index in [1.54, 1.807) is 0 Å². The zero-order chi connectivity index (χ0) is 10.2. The Morgan fingerprint density at radius 2 is 2.50 bits per heavy atom. The van der Waals surface area contributed by atoms with E-state index in [9.17, 15) is 0 Å². The molecule has 0 aromatic carbocycles. The predicted octanol–water partition coefficient (Wildman–Crippen LogP) is 0.873. The summed E-state index contributed by atoms with van der Waals surface area (Å²) in [5, 5.41) is 3.33. The number of ether oxygens (including phenoxy) is 1. The largest absolute Gasteiger partial charge is 0.378 e. The monoisotopic (exact) mass is 198 g/mol. The lowest BCUT2D eigenvalue weighted by atomic mass is 10.2. The van der Waals surface area contributed by atoms with Crippen molar-refractivity contribution in [3.8, 4) is 0 Å². The molecule has 0 saturated carbocycles. The molecule has 0 aromatic heterocycles. The van der Waals surface area contributed by atoms with Gasteiger partial charge in [-0.05, 0) is 6.42 Å². The van der Waals surface area contributed by atoms with Gasteiger partial charge in [-0.1, -0.05) is 13.0 Å². The van der Waals surface area contributed by atoms with Gasteiger partial charge in [0.05, 0.1) is 13.2 Å². The van der Waals surface area contributed by atoms with E-state index in [1.807, 2.05) is 6.08 Å². The Hall–Kier alpha value is -0.380. The van der Waals surface area contributed by atoms with Gasteiger partial charge in [-0.2, -0.15) is 0 Å². The Bertz CT molecular complexity index is 161. The molecule has 1 unspecified atom stereocenters. The molecule has 1 heterocycles. The highest BCUT2D eigenvalue weighted by molar-refractivity contribution is 4.75. The molecule has 82 valence electrons. The number of hydrogen-bond acceptors (Lipinski definition) is 3. The van der Waals surface area contributed by atoms with Crippen molar-refractivity contribution in [3.63, 3.8) is 0 Å². The molecule has 0 aromatic rings. The van der Waals surface area contributed by atoms with Crippen molar-refractivity contribution in [2.24, 2.45) is 0 Å². The van der Waals surface area contributed by atoms with Gasteiger partial charge < -0.3 is 10.1 Å². The zero-order valence-electron chi connectivity index (χ0n) is 9.17. The molecular weight excluding hydrogens is 176 g/mol. The quantitative estimate of drug-likeness (QED) is 0.506. The minimum absolute atomic E-state index is 0.620. The summed E-state index contributed by atoms with van der Waals surface area (Å²) in [7, 11) is 0. The average Bonchev–Trinajstić information content (AvgIpc) is 2.25. The summed E-state index contributed by atoms with van der Waals surface area (Å²) in [5.74, 6) is 0. The van der Waals surface area contributed by atoms with Crippen LogP contribution in [0.1, 0.15) is 13.3 Å². The molecule has 3 nitrogen and oxygen atoms in total. The minimum atomic E-state index is 0.620. The fourth-order valence-corrected chi connectivity index (χ4v) is 1.79. The molecular formula is C11H22N2O. The molecule has 0 aliphatic carbocycles. The molecule has 1 N–H and O–H groups in total. The van der Waals surface area contributed by atoms with Crippen LogP contribution < -0.4 is 5.32 Å². The Morgan fingerprint density at radius 3 is 3.21 bits per heavy atom. The first-order chi connectivity index (χ1) is 6.88. The van der Waals surface area contributed by atoms with Gasteiger partial charge in [0.15, 0.2) is 0 Å². The standard InChI is InChI=1S/C11H22N2O/c1-3-5-12-6-7-13-8-9-14-10-11(13)4-2/h3,11-12H,1,4-10H2,2H3. The highest BCUT2D eigenvalue weighted by Crippen LogP contribution is 2.08. The Morgan fingerprint density at radius 1 is 1.64 bits per heavy atom. The minimum Gasteiger partial charge on any atom is -0.378 e. The van der Waals surface area contributed by atoms with E-state index < -0.39 is 0 Å². The van der Waals surface area contributed by atoms with Crippen molar-refractivity contribution in [2.45, 2.75) is 19.4 Å². The van der Waals surface area contributed by atoms with Crippen LogP contribution in [0.3, 0.4) is 0 Å². The summed E-state index contributed by atoms with van der Waals surface area (Å²) in [6.45, 7) is 11.8.